The minimum absolute atomic E-state index is 0.0414. The molecule has 2 unspecified atom stereocenters. The molecule has 1 N–H and O–H groups in total. The highest BCUT2D eigenvalue weighted by atomic mass is 32.2. The number of phenols is 1. The Kier molecular flexibility index (Phi) is 6.50. The Morgan fingerprint density at radius 3 is 2.51 bits per heavy atom. The van der Waals surface area contributed by atoms with Crippen molar-refractivity contribution in [3.8, 4) is 16.9 Å². The standard InChI is InChI=1S/C28H31F2N3O3S/c1-19-7-9-23(30)15-25(19)26-13-21(8-10-27(26)34)17-32-12-11-28(16-20(32)2)18-31(3)37(35,36)33(28)24-6-4-5-22(29)14-24/h4-10,13-15,20,34H,11-12,16-18H2,1-3H3. The average molecular weight is 528 g/mol. The van der Waals surface area contributed by atoms with Gasteiger partial charge < -0.3 is 5.11 Å². The molecule has 37 heavy (non-hydrogen) atoms. The lowest BCUT2D eigenvalue weighted by atomic mass is 9.82. The van der Waals surface area contributed by atoms with Crippen LogP contribution >= 0.6 is 0 Å². The van der Waals surface area contributed by atoms with Crippen LogP contribution in [0.4, 0.5) is 14.5 Å². The maximum Gasteiger partial charge on any atom is 0.304 e. The van der Waals surface area contributed by atoms with Crippen molar-refractivity contribution < 1.29 is 22.3 Å². The Balaban J connectivity index is 1.40. The quantitative estimate of drug-likeness (QED) is 0.515. The number of anilines is 1. The molecule has 9 heteroatoms. The van der Waals surface area contributed by atoms with Crippen LogP contribution in [0.3, 0.4) is 0 Å². The minimum Gasteiger partial charge on any atom is -0.507 e. The van der Waals surface area contributed by atoms with E-state index >= 15 is 0 Å². The number of phenolic OH excluding ortho intramolecular Hbond substituents is 1. The number of hydrogen-bond acceptors (Lipinski definition) is 4. The Hall–Kier alpha value is -3.01. The van der Waals surface area contributed by atoms with Gasteiger partial charge in [-0.25, -0.2) is 8.78 Å². The van der Waals surface area contributed by atoms with Crippen LogP contribution in [-0.4, -0.2) is 54.4 Å². The summed E-state index contributed by atoms with van der Waals surface area (Å²) in [6, 6.07) is 15.7. The van der Waals surface area contributed by atoms with Gasteiger partial charge >= 0.3 is 10.2 Å². The summed E-state index contributed by atoms with van der Waals surface area (Å²) in [5, 5.41) is 10.5. The van der Waals surface area contributed by atoms with Crippen molar-refractivity contribution in [1.29, 1.82) is 0 Å². The van der Waals surface area contributed by atoms with Gasteiger partial charge in [0.15, 0.2) is 0 Å². The molecule has 2 aliphatic heterocycles. The van der Waals surface area contributed by atoms with Crippen molar-refractivity contribution in [2.24, 2.45) is 0 Å². The van der Waals surface area contributed by atoms with Gasteiger partial charge in [0.25, 0.3) is 0 Å². The molecule has 2 heterocycles. The largest absolute Gasteiger partial charge is 0.507 e. The molecule has 3 aromatic rings. The van der Waals surface area contributed by atoms with E-state index < -0.39 is 21.6 Å². The zero-order valence-electron chi connectivity index (χ0n) is 21.2. The molecular weight excluding hydrogens is 496 g/mol. The minimum atomic E-state index is -3.77. The van der Waals surface area contributed by atoms with Crippen LogP contribution in [-0.2, 0) is 16.8 Å². The fraction of sp³-hybridized carbons (Fsp3) is 0.357. The fourth-order valence-corrected chi connectivity index (χ4v) is 7.66. The number of piperidine rings is 1. The van der Waals surface area contributed by atoms with Crippen molar-refractivity contribution in [3.63, 3.8) is 0 Å². The maximum absolute atomic E-state index is 14.1. The molecular formula is C28H31F2N3O3S. The van der Waals surface area contributed by atoms with Gasteiger partial charge in [0.05, 0.1) is 11.2 Å². The Bertz CT molecular complexity index is 1450. The third-order valence-electron chi connectivity index (χ3n) is 7.71. The second-order valence-corrected chi connectivity index (χ2v) is 12.2. The second-order valence-electron chi connectivity index (χ2n) is 10.3. The summed E-state index contributed by atoms with van der Waals surface area (Å²) < 4.78 is 57.3. The molecule has 196 valence electrons. The van der Waals surface area contributed by atoms with E-state index in [0.717, 1.165) is 11.1 Å². The van der Waals surface area contributed by atoms with Gasteiger partial charge in [-0.2, -0.15) is 12.7 Å². The number of halogens is 2. The molecule has 0 radical (unpaired) electrons. The number of likely N-dealkylation sites (N-methyl/N-ethyl adjacent to an activating group) is 1. The second kappa shape index (κ2) is 9.38. The third kappa shape index (κ3) is 4.60. The molecule has 2 aliphatic rings. The number of aromatic hydroxyl groups is 1. The van der Waals surface area contributed by atoms with Gasteiger partial charge in [0, 0.05) is 38.3 Å². The molecule has 1 spiro atoms. The zero-order chi connectivity index (χ0) is 26.5. The number of likely N-dealkylation sites (tertiary alicyclic amines) is 1. The molecule has 5 rings (SSSR count). The summed E-state index contributed by atoms with van der Waals surface area (Å²) in [5.74, 6) is -0.743. The molecule has 3 aromatic carbocycles. The van der Waals surface area contributed by atoms with Crippen LogP contribution in [0.25, 0.3) is 11.1 Å². The average Bonchev–Trinajstić information content (AvgIpc) is 3.02. The third-order valence-corrected chi connectivity index (χ3v) is 9.69. The van der Waals surface area contributed by atoms with Crippen LogP contribution in [0.2, 0.25) is 0 Å². The number of nitrogens with zero attached hydrogens (tertiary/aromatic N) is 3. The summed E-state index contributed by atoms with van der Waals surface area (Å²) in [7, 11) is -2.20. The van der Waals surface area contributed by atoms with Gasteiger partial charge in [0.1, 0.15) is 17.4 Å². The van der Waals surface area contributed by atoms with E-state index in [-0.39, 0.29) is 17.6 Å². The van der Waals surface area contributed by atoms with Gasteiger partial charge in [-0.3, -0.25) is 9.21 Å². The van der Waals surface area contributed by atoms with Crippen LogP contribution in [0.1, 0.15) is 30.9 Å². The van der Waals surface area contributed by atoms with Crippen molar-refractivity contribution in [2.45, 2.75) is 44.8 Å². The smallest absolute Gasteiger partial charge is 0.304 e. The number of benzene rings is 3. The Morgan fingerprint density at radius 2 is 1.78 bits per heavy atom. The summed E-state index contributed by atoms with van der Waals surface area (Å²) >= 11 is 0. The van der Waals surface area contributed by atoms with Crippen molar-refractivity contribution >= 4 is 15.9 Å². The number of aryl methyl sites for hydroxylation is 1. The van der Waals surface area contributed by atoms with Crippen LogP contribution < -0.4 is 4.31 Å². The summed E-state index contributed by atoms with van der Waals surface area (Å²) in [4.78, 5) is 2.29. The lowest BCUT2D eigenvalue weighted by Crippen LogP contribution is -2.57. The first-order valence-electron chi connectivity index (χ1n) is 12.3. The first kappa shape index (κ1) is 25.6. The van der Waals surface area contributed by atoms with Crippen LogP contribution in [0, 0.1) is 18.6 Å². The SMILES string of the molecule is Cc1ccc(F)cc1-c1cc(CN2CCC3(CC2C)CN(C)S(=O)(=O)N3c2cccc(F)c2)ccc1O. The molecule has 2 atom stereocenters. The highest BCUT2D eigenvalue weighted by molar-refractivity contribution is 7.90. The summed E-state index contributed by atoms with van der Waals surface area (Å²) in [6.07, 6.45) is 1.17. The molecule has 2 fully saturated rings. The molecule has 0 aliphatic carbocycles. The first-order valence-corrected chi connectivity index (χ1v) is 13.7. The van der Waals surface area contributed by atoms with E-state index in [9.17, 15) is 22.3 Å². The number of hydrogen-bond donors (Lipinski definition) is 1. The lowest BCUT2D eigenvalue weighted by Gasteiger charge is -2.47. The van der Waals surface area contributed by atoms with E-state index in [1.165, 1.54) is 38.9 Å². The van der Waals surface area contributed by atoms with E-state index in [1.54, 1.807) is 25.2 Å². The normalized spacial score (nSPS) is 24.1. The highest BCUT2D eigenvalue weighted by Crippen LogP contribution is 2.44. The molecule has 6 nitrogen and oxygen atoms in total. The van der Waals surface area contributed by atoms with Gasteiger partial charge in [-0.15, -0.1) is 0 Å². The van der Waals surface area contributed by atoms with Crippen LogP contribution in [0.15, 0.2) is 60.7 Å². The molecule has 0 aromatic heterocycles. The highest BCUT2D eigenvalue weighted by Gasteiger charge is 2.55. The summed E-state index contributed by atoms with van der Waals surface area (Å²) in [5.41, 5.74) is 2.74. The van der Waals surface area contributed by atoms with Crippen molar-refractivity contribution in [2.75, 3.05) is 24.4 Å². The first-order chi connectivity index (χ1) is 17.5. The Labute approximate surface area is 216 Å². The molecule has 0 saturated carbocycles. The number of rotatable bonds is 4. The van der Waals surface area contributed by atoms with E-state index in [1.807, 2.05) is 19.1 Å². The van der Waals surface area contributed by atoms with Gasteiger partial charge in [-0.1, -0.05) is 18.2 Å². The van der Waals surface area contributed by atoms with E-state index in [0.29, 0.717) is 49.3 Å². The topological polar surface area (TPSA) is 64.1 Å². The van der Waals surface area contributed by atoms with Crippen molar-refractivity contribution in [1.82, 2.24) is 9.21 Å². The lowest BCUT2D eigenvalue weighted by molar-refractivity contribution is 0.100. The summed E-state index contributed by atoms with van der Waals surface area (Å²) in [6.45, 7) is 5.54. The zero-order valence-corrected chi connectivity index (χ0v) is 22.0. The fourth-order valence-electron chi connectivity index (χ4n) is 5.89. The molecule has 0 amide bonds. The van der Waals surface area contributed by atoms with Gasteiger partial charge in [0.2, 0.25) is 0 Å². The van der Waals surface area contributed by atoms with E-state index in [4.69, 9.17) is 0 Å². The van der Waals surface area contributed by atoms with Gasteiger partial charge in [-0.05, 0) is 85.8 Å². The predicted molar refractivity (Wildman–Crippen MR) is 141 cm³/mol. The molecule has 2 saturated heterocycles. The monoisotopic (exact) mass is 527 g/mol. The molecule has 0 bridgehead atoms. The van der Waals surface area contributed by atoms with Crippen molar-refractivity contribution in [3.05, 3.63) is 83.4 Å². The predicted octanol–water partition coefficient (Wildman–Crippen LogP) is 5.07. The Morgan fingerprint density at radius 1 is 1.03 bits per heavy atom. The maximum atomic E-state index is 14.1. The van der Waals surface area contributed by atoms with E-state index in [2.05, 4.69) is 11.8 Å². The van der Waals surface area contributed by atoms with Crippen LogP contribution in [0.5, 0.6) is 5.75 Å².